The van der Waals surface area contributed by atoms with E-state index in [-0.39, 0.29) is 5.91 Å². The standard InChI is InChI=1S/C16H20N2O/c1-11-4-3-9-18(12(11)2)16(19)14-5-6-15-13(10-14)7-8-17-15/h5-8,10-12,17H,3-4,9H2,1-2H3. The number of amides is 1. The van der Waals surface area contributed by atoms with Gasteiger partial charge in [0.25, 0.3) is 5.91 Å². The predicted molar refractivity (Wildman–Crippen MR) is 77.2 cm³/mol. The first kappa shape index (κ1) is 12.3. The lowest BCUT2D eigenvalue weighted by molar-refractivity contribution is 0.0551. The fraction of sp³-hybridized carbons (Fsp3) is 0.438. The minimum Gasteiger partial charge on any atom is -0.361 e. The Morgan fingerprint density at radius 1 is 1.32 bits per heavy atom. The van der Waals surface area contributed by atoms with Gasteiger partial charge in [0.05, 0.1) is 0 Å². The monoisotopic (exact) mass is 256 g/mol. The fourth-order valence-electron chi connectivity index (χ4n) is 2.97. The number of hydrogen-bond acceptors (Lipinski definition) is 1. The van der Waals surface area contributed by atoms with Crippen molar-refractivity contribution in [1.29, 1.82) is 0 Å². The molecule has 0 spiro atoms. The van der Waals surface area contributed by atoms with E-state index in [1.807, 2.05) is 35.4 Å². The van der Waals surface area contributed by atoms with Crippen LogP contribution in [-0.4, -0.2) is 28.4 Å². The molecule has 1 amide bonds. The minimum atomic E-state index is 0.169. The topological polar surface area (TPSA) is 36.1 Å². The van der Waals surface area contributed by atoms with Crippen LogP contribution in [0.1, 0.15) is 37.0 Å². The number of carbonyl (C=O) groups is 1. The largest absolute Gasteiger partial charge is 0.361 e. The molecule has 1 N–H and O–H groups in total. The van der Waals surface area contributed by atoms with E-state index < -0.39 is 0 Å². The summed E-state index contributed by atoms with van der Waals surface area (Å²) in [6, 6.07) is 8.24. The summed E-state index contributed by atoms with van der Waals surface area (Å²) in [6.45, 7) is 5.28. The molecular formula is C16H20N2O. The second-order valence-corrected chi connectivity index (χ2v) is 5.64. The maximum atomic E-state index is 12.6. The first-order valence-corrected chi connectivity index (χ1v) is 7.05. The summed E-state index contributed by atoms with van der Waals surface area (Å²) in [5.41, 5.74) is 1.88. The zero-order chi connectivity index (χ0) is 13.4. The molecule has 0 aliphatic carbocycles. The van der Waals surface area contributed by atoms with Crippen LogP contribution in [0.4, 0.5) is 0 Å². The fourth-order valence-corrected chi connectivity index (χ4v) is 2.97. The highest BCUT2D eigenvalue weighted by Gasteiger charge is 2.28. The summed E-state index contributed by atoms with van der Waals surface area (Å²) in [7, 11) is 0. The second-order valence-electron chi connectivity index (χ2n) is 5.64. The maximum absolute atomic E-state index is 12.6. The van der Waals surface area contributed by atoms with Crippen LogP contribution in [0.25, 0.3) is 10.9 Å². The third kappa shape index (κ3) is 2.14. The highest BCUT2D eigenvalue weighted by molar-refractivity contribution is 5.98. The Kier molecular flexibility index (Phi) is 3.05. The Balaban J connectivity index is 1.90. The zero-order valence-corrected chi connectivity index (χ0v) is 11.5. The van der Waals surface area contributed by atoms with Gasteiger partial charge in [-0.3, -0.25) is 4.79 Å². The number of H-pyrrole nitrogens is 1. The molecule has 100 valence electrons. The van der Waals surface area contributed by atoms with Crippen molar-refractivity contribution in [3.05, 3.63) is 36.0 Å². The molecule has 2 unspecified atom stereocenters. The summed E-state index contributed by atoms with van der Waals surface area (Å²) in [5.74, 6) is 0.760. The molecule has 19 heavy (non-hydrogen) atoms. The van der Waals surface area contributed by atoms with Gasteiger partial charge in [-0.1, -0.05) is 6.92 Å². The number of aromatic amines is 1. The number of rotatable bonds is 1. The molecule has 0 bridgehead atoms. The van der Waals surface area contributed by atoms with Crippen molar-refractivity contribution in [1.82, 2.24) is 9.88 Å². The molecular weight excluding hydrogens is 236 g/mol. The van der Waals surface area contributed by atoms with Gasteiger partial charge in [0.1, 0.15) is 0 Å². The number of aromatic nitrogens is 1. The van der Waals surface area contributed by atoms with Crippen LogP contribution < -0.4 is 0 Å². The van der Waals surface area contributed by atoms with Gasteiger partial charge in [-0.25, -0.2) is 0 Å². The van der Waals surface area contributed by atoms with Crippen molar-refractivity contribution in [3.8, 4) is 0 Å². The molecule has 3 nitrogen and oxygen atoms in total. The van der Waals surface area contributed by atoms with Gasteiger partial charge in [0, 0.05) is 35.2 Å². The van der Waals surface area contributed by atoms with E-state index in [4.69, 9.17) is 0 Å². The van der Waals surface area contributed by atoms with Crippen molar-refractivity contribution in [2.45, 2.75) is 32.7 Å². The van der Waals surface area contributed by atoms with Crippen molar-refractivity contribution < 1.29 is 4.79 Å². The van der Waals surface area contributed by atoms with Crippen LogP contribution in [0.3, 0.4) is 0 Å². The molecule has 1 aliphatic rings. The van der Waals surface area contributed by atoms with Crippen LogP contribution in [0.5, 0.6) is 0 Å². The number of likely N-dealkylation sites (tertiary alicyclic amines) is 1. The van der Waals surface area contributed by atoms with Crippen LogP contribution in [0.15, 0.2) is 30.5 Å². The van der Waals surface area contributed by atoms with Crippen molar-refractivity contribution in [2.75, 3.05) is 6.54 Å². The molecule has 1 fully saturated rings. The summed E-state index contributed by atoms with van der Waals surface area (Å²) >= 11 is 0. The smallest absolute Gasteiger partial charge is 0.254 e. The average molecular weight is 256 g/mol. The molecule has 0 saturated carbocycles. The third-order valence-electron chi connectivity index (χ3n) is 4.43. The van der Waals surface area contributed by atoms with E-state index in [0.29, 0.717) is 12.0 Å². The molecule has 2 heterocycles. The molecule has 1 aliphatic heterocycles. The Hall–Kier alpha value is -1.77. The minimum absolute atomic E-state index is 0.169. The summed E-state index contributed by atoms with van der Waals surface area (Å²) in [6.07, 6.45) is 4.25. The number of benzene rings is 1. The van der Waals surface area contributed by atoms with E-state index in [0.717, 1.165) is 29.4 Å². The van der Waals surface area contributed by atoms with E-state index in [2.05, 4.69) is 18.8 Å². The number of fused-ring (bicyclic) bond motifs is 1. The summed E-state index contributed by atoms with van der Waals surface area (Å²) in [5, 5.41) is 1.10. The third-order valence-corrected chi connectivity index (χ3v) is 4.43. The first-order chi connectivity index (χ1) is 9.16. The first-order valence-electron chi connectivity index (χ1n) is 7.05. The molecule has 0 radical (unpaired) electrons. The van der Waals surface area contributed by atoms with Gasteiger partial charge in [-0.15, -0.1) is 0 Å². The normalized spacial score (nSPS) is 23.8. The summed E-state index contributed by atoms with van der Waals surface area (Å²) in [4.78, 5) is 17.8. The lowest BCUT2D eigenvalue weighted by Gasteiger charge is -2.38. The van der Waals surface area contributed by atoms with Gasteiger partial charge in [0.15, 0.2) is 0 Å². The highest BCUT2D eigenvalue weighted by Crippen LogP contribution is 2.25. The van der Waals surface area contributed by atoms with Gasteiger partial charge in [-0.05, 0) is 49.9 Å². The van der Waals surface area contributed by atoms with Crippen LogP contribution in [0, 0.1) is 5.92 Å². The molecule has 3 rings (SSSR count). The van der Waals surface area contributed by atoms with E-state index >= 15 is 0 Å². The molecule has 2 atom stereocenters. The van der Waals surface area contributed by atoms with Crippen molar-refractivity contribution in [3.63, 3.8) is 0 Å². The van der Waals surface area contributed by atoms with E-state index in [9.17, 15) is 4.79 Å². The number of hydrogen-bond donors (Lipinski definition) is 1. The quantitative estimate of drug-likeness (QED) is 0.833. The Labute approximate surface area is 113 Å². The number of nitrogens with one attached hydrogen (secondary N) is 1. The lowest BCUT2D eigenvalue weighted by Crippen LogP contribution is -2.46. The van der Waals surface area contributed by atoms with Crippen molar-refractivity contribution >= 4 is 16.8 Å². The summed E-state index contributed by atoms with van der Waals surface area (Å²) < 4.78 is 0. The van der Waals surface area contributed by atoms with Crippen LogP contribution >= 0.6 is 0 Å². The lowest BCUT2D eigenvalue weighted by atomic mass is 9.91. The van der Waals surface area contributed by atoms with Gasteiger partial charge in [0.2, 0.25) is 0 Å². The van der Waals surface area contributed by atoms with Gasteiger partial charge < -0.3 is 9.88 Å². The average Bonchev–Trinajstić information content (AvgIpc) is 2.88. The van der Waals surface area contributed by atoms with E-state index in [1.54, 1.807) is 0 Å². The molecule has 1 aromatic heterocycles. The van der Waals surface area contributed by atoms with Crippen molar-refractivity contribution in [2.24, 2.45) is 5.92 Å². The zero-order valence-electron chi connectivity index (χ0n) is 11.5. The Morgan fingerprint density at radius 2 is 2.16 bits per heavy atom. The SMILES string of the molecule is CC1CCCN(C(=O)c2ccc3[nH]ccc3c2)C1C. The number of carbonyl (C=O) groups excluding carboxylic acids is 1. The molecule has 3 heteroatoms. The Bertz CT molecular complexity index is 602. The molecule has 2 aromatic rings. The Morgan fingerprint density at radius 3 is 3.00 bits per heavy atom. The number of piperidine rings is 1. The van der Waals surface area contributed by atoms with Gasteiger partial charge >= 0.3 is 0 Å². The molecule has 1 aromatic carbocycles. The molecule has 1 saturated heterocycles. The predicted octanol–water partition coefficient (Wildman–Crippen LogP) is 3.43. The van der Waals surface area contributed by atoms with Gasteiger partial charge in [-0.2, -0.15) is 0 Å². The van der Waals surface area contributed by atoms with Crippen LogP contribution in [-0.2, 0) is 0 Å². The second kappa shape index (κ2) is 4.72. The number of nitrogens with zero attached hydrogens (tertiary/aromatic N) is 1. The highest BCUT2D eigenvalue weighted by atomic mass is 16.2. The van der Waals surface area contributed by atoms with E-state index in [1.165, 1.54) is 6.42 Å². The maximum Gasteiger partial charge on any atom is 0.254 e. The van der Waals surface area contributed by atoms with Crippen LogP contribution in [0.2, 0.25) is 0 Å².